The second kappa shape index (κ2) is 11.3. The first-order chi connectivity index (χ1) is 19.6. The molecule has 40 heavy (non-hydrogen) atoms. The van der Waals surface area contributed by atoms with Crippen molar-refractivity contribution in [2.24, 2.45) is 0 Å². The van der Waals surface area contributed by atoms with Gasteiger partial charge in [-0.1, -0.05) is 84.9 Å². The predicted molar refractivity (Wildman–Crippen MR) is 153 cm³/mol. The van der Waals surface area contributed by atoms with E-state index in [1.54, 1.807) is 18.6 Å². The van der Waals surface area contributed by atoms with Gasteiger partial charge in [0.1, 0.15) is 5.82 Å². The molecule has 6 heteroatoms. The smallest absolute Gasteiger partial charge is 0.254 e. The fourth-order valence-corrected chi connectivity index (χ4v) is 5.36. The van der Waals surface area contributed by atoms with Gasteiger partial charge in [0, 0.05) is 30.6 Å². The number of benzene rings is 4. The van der Waals surface area contributed by atoms with E-state index in [0.29, 0.717) is 25.1 Å². The molecule has 3 N–H and O–H groups in total. The molecule has 5 aromatic rings. The molecular formula is C34H29FN2O3. The fourth-order valence-electron chi connectivity index (χ4n) is 5.36. The van der Waals surface area contributed by atoms with Crippen molar-refractivity contribution in [2.75, 3.05) is 0 Å². The van der Waals surface area contributed by atoms with Gasteiger partial charge >= 0.3 is 0 Å². The predicted octanol–water partition coefficient (Wildman–Crippen LogP) is 6.43. The van der Waals surface area contributed by atoms with Gasteiger partial charge in [0.2, 0.25) is 0 Å². The molecule has 2 atom stereocenters. The minimum absolute atomic E-state index is 0.0486. The SMILES string of the molecule is O=C(N[C@@H]1c2cc(CNCc3cocc3-c3ccccc3)ccc2C[C@H]1O)c1ccc(-c2ccccc2)cc1F. The van der Waals surface area contributed by atoms with E-state index >= 15 is 0 Å². The highest BCUT2D eigenvalue weighted by atomic mass is 19.1. The summed E-state index contributed by atoms with van der Waals surface area (Å²) in [7, 11) is 0. The molecule has 200 valence electrons. The van der Waals surface area contributed by atoms with Gasteiger partial charge < -0.3 is 20.2 Å². The minimum atomic E-state index is -0.784. The molecule has 1 amide bonds. The maximum absolute atomic E-state index is 15.0. The first-order valence-corrected chi connectivity index (χ1v) is 13.3. The molecule has 4 aromatic carbocycles. The highest BCUT2D eigenvalue weighted by Gasteiger charge is 2.33. The summed E-state index contributed by atoms with van der Waals surface area (Å²) in [6, 6.07) is 29.6. The number of carbonyl (C=O) groups excluding carboxylic acids is 1. The molecule has 0 unspecified atom stereocenters. The van der Waals surface area contributed by atoms with Gasteiger partial charge in [0.05, 0.1) is 30.2 Å². The number of hydrogen-bond acceptors (Lipinski definition) is 4. The number of aliphatic hydroxyl groups is 1. The van der Waals surface area contributed by atoms with Gasteiger partial charge in [-0.3, -0.25) is 4.79 Å². The molecule has 0 radical (unpaired) electrons. The van der Waals surface area contributed by atoms with E-state index < -0.39 is 23.9 Å². The minimum Gasteiger partial charge on any atom is -0.472 e. The molecule has 1 aromatic heterocycles. The van der Waals surface area contributed by atoms with Crippen LogP contribution in [0.5, 0.6) is 0 Å². The second-order valence-corrected chi connectivity index (χ2v) is 10.1. The second-order valence-electron chi connectivity index (χ2n) is 10.1. The lowest BCUT2D eigenvalue weighted by Crippen LogP contribution is -2.34. The number of fused-ring (bicyclic) bond motifs is 1. The van der Waals surface area contributed by atoms with Crippen LogP contribution in [0.2, 0.25) is 0 Å². The zero-order chi connectivity index (χ0) is 27.5. The van der Waals surface area contributed by atoms with Crippen LogP contribution < -0.4 is 10.6 Å². The van der Waals surface area contributed by atoms with Crippen molar-refractivity contribution in [3.63, 3.8) is 0 Å². The summed E-state index contributed by atoms with van der Waals surface area (Å²) in [6.07, 6.45) is 3.16. The monoisotopic (exact) mass is 532 g/mol. The fraction of sp³-hybridized carbons (Fsp3) is 0.147. The zero-order valence-corrected chi connectivity index (χ0v) is 21.8. The van der Waals surface area contributed by atoms with Gasteiger partial charge in [0.25, 0.3) is 5.91 Å². The number of halogens is 1. The third kappa shape index (κ3) is 5.32. The number of hydrogen-bond donors (Lipinski definition) is 3. The summed E-state index contributed by atoms with van der Waals surface area (Å²) in [5, 5.41) is 17.1. The van der Waals surface area contributed by atoms with Gasteiger partial charge in [-0.2, -0.15) is 0 Å². The Balaban J connectivity index is 1.13. The van der Waals surface area contributed by atoms with Crippen LogP contribution in [-0.4, -0.2) is 17.1 Å². The molecule has 0 spiro atoms. The van der Waals surface area contributed by atoms with E-state index in [1.807, 2.05) is 66.7 Å². The number of aliphatic hydroxyl groups excluding tert-OH is 1. The van der Waals surface area contributed by atoms with Crippen LogP contribution in [0.4, 0.5) is 4.39 Å². The lowest BCUT2D eigenvalue weighted by Gasteiger charge is -2.19. The number of rotatable bonds is 8. The molecule has 0 saturated heterocycles. The number of carbonyl (C=O) groups is 1. The normalized spacial score (nSPS) is 16.1. The van der Waals surface area contributed by atoms with Gasteiger partial charge in [-0.15, -0.1) is 0 Å². The average molecular weight is 533 g/mol. The Morgan fingerprint density at radius 2 is 1.60 bits per heavy atom. The Morgan fingerprint density at radius 1 is 0.850 bits per heavy atom. The molecule has 1 heterocycles. The first kappa shape index (κ1) is 25.7. The van der Waals surface area contributed by atoms with Crippen LogP contribution in [0.25, 0.3) is 22.3 Å². The summed E-state index contributed by atoms with van der Waals surface area (Å²) < 4.78 is 20.4. The number of furan rings is 1. The molecule has 0 fully saturated rings. The Hall–Kier alpha value is -4.52. The van der Waals surface area contributed by atoms with Crippen molar-refractivity contribution in [1.82, 2.24) is 10.6 Å². The van der Waals surface area contributed by atoms with Crippen LogP contribution >= 0.6 is 0 Å². The van der Waals surface area contributed by atoms with Crippen LogP contribution in [0.1, 0.15) is 38.7 Å². The average Bonchev–Trinajstić information content (AvgIpc) is 3.57. The maximum atomic E-state index is 15.0. The number of nitrogens with one attached hydrogen (secondary N) is 2. The summed E-state index contributed by atoms with van der Waals surface area (Å²) in [5.74, 6) is -1.15. The third-order valence-corrected chi connectivity index (χ3v) is 7.44. The zero-order valence-electron chi connectivity index (χ0n) is 21.8. The summed E-state index contributed by atoms with van der Waals surface area (Å²) in [4.78, 5) is 13.1. The largest absolute Gasteiger partial charge is 0.472 e. The Morgan fingerprint density at radius 3 is 2.35 bits per heavy atom. The number of amides is 1. The molecule has 6 rings (SSSR count). The highest BCUT2D eigenvalue weighted by molar-refractivity contribution is 5.95. The topological polar surface area (TPSA) is 74.5 Å². The van der Waals surface area contributed by atoms with E-state index in [9.17, 15) is 14.3 Å². The highest BCUT2D eigenvalue weighted by Crippen LogP contribution is 2.33. The van der Waals surface area contributed by atoms with Gasteiger partial charge in [-0.25, -0.2) is 4.39 Å². The molecular weight excluding hydrogens is 503 g/mol. The van der Waals surface area contributed by atoms with E-state index in [0.717, 1.165) is 38.9 Å². The van der Waals surface area contributed by atoms with Crippen LogP contribution in [0.15, 0.2) is 114 Å². The Bertz CT molecular complexity index is 1630. The van der Waals surface area contributed by atoms with Crippen molar-refractivity contribution in [3.8, 4) is 22.3 Å². The van der Waals surface area contributed by atoms with Crippen LogP contribution in [-0.2, 0) is 19.5 Å². The van der Waals surface area contributed by atoms with E-state index in [-0.39, 0.29) is 5.56 Å². The van der Waals surface area contributed by atoms with Crippen molar-refractivity contribution in [1.29, 1.82) is 0 Å². The van der Waals surface area contributed by atoms with Crippen LogP contribution in [0.3, 0.4) is 0 Å². The summed E-state index contributed by atoms with van der Waals surface area (Å²) >= 11 is 0. The molecule has 1 aliphatic rings. The standard InChI is InChI=1S/C34H29FN2O3/c35-31-16-25(23-7-3-1-4-8-23)13-14-28(31)34(39)37-33-29-15-22(11-12-26(29)17-32(33)38)18-36-19-27-20-40-21-30(27)24-9-5-2-6-10-24/h1-16,20-21,32-33,36,38H,17-19H2,(H,37,39)/t32-,33-/m1/s1. The van der Waals surface area contributed by atoms with Crippen LogP contribution in [0, 0.1) is 5.82 Å². The quantitative estimate of drug-likeness (QED) is 0.215. The van der Waals surface area contributed by atoms with Crippen molar-refractivity contribution >= 4 is 5.91 Å². The summed E-state index contributed by atoms with van der Waals surface area (Å²) in [5.41, 5.74) is 7.60. The summed E-state index contributed by atoms with van der Waals surface area (Å²) in [6.45, 7) is 1.22. The van der Waals surface area contributed by atoms with Gasteiger partial charge in [0.15, 0.2) is 0 Å². The molecule has 1 aliphatic carbocycles. The van der Waals surface area contributed by atoms with E-state index in [1.165, 1.54) is 12.1 Å². The Labute approximate surface area is 232 Å². The maximum Gasteiger partial charge on any atom is 0.254 e. The molecule has 5 nitrogen and oxygen atoms in total. The molecule has 0 aliphatic heterocycles. The van der Waals surface area contributed by atoms with Crippen molar-refractivity contribution in [3.05, 3.63) is 143 Å². The Kier molecular flexibility index (Phi) is 7.27. The molecule has 0 saturated carbocycles. The van der Waals surface area contributed by atoms with E-state index in [2.05, 4.69) is 22.8 Å². The van der Waals surface area contributed by atoms with Crippen molar-refractivity contribution < 1.29 is 18.7 Å². The van der Waals surface area contributed by atoms with E-state index in [4.69, 9.17) is 4.42 Å². The first-order valence-electron chi connectivity index (χ1n) is 13.3. The lowest BCUT2D eigenvalue weighted by atomic mass is 10.0. The third-order valence-electron chi connectivity index (χ3n) is 7.44. The van der Waals surface area contributed by atoms with Gasteiger partial charge in [-0.05, 0) is 45.5 Å². The molecule has 0 bridgehead atoms. The van der Waals surface area contributed by atoms with Crippen molar-refractivity contribution in [2.45, 2.75) is 31.7 Å². The lowest BCUT2D eigenvalue weighted by molar-refractivity contribution is 0.0854.